The number of guanidine groups is 1. The molecule has 0 atom stereocenters. The zero-order chi connectivity index (χ0) is 23.0. The van der Waals surface area contributed by atoms with E-state index in [9.17, 15) is 4.79 Å². The van der Waals surface area contributed by atoms with Crippen molar-refractivity contribution in [1.29, 1.82) is 0 Å². The molecule has 0 fully saturated rings. The highest BCUT2D eigenvalue weighted by molar-refractivity contribution is 14.0. The molecule has 7 nitrogen and oxygen atoms in total. The lowest BCUT2D eigenvalue weighted by molar-refractivity contribution is -0.119. The third-order valence-electron chi connectivity index (χ3n) is 4.72. The monoisotopic (exact) mass is 568 g/mol. The Kier molecular flexibility index (Phi) is 14.9. The number of methoxy groups -OCH3 is 1. The van der Waals surface area contributed by atoms with Gasteiger partial charge in [-0.05, 0) is 37.5 Å². The molecule has 0 aromatic heterocycles. The lowest BCUT2D eigenvalue weighted by atomic mass is 10.1. The van der Waals surface area contributed by atoms with Crippen molar-refractivity contribution in [2.24, 2.45) is 4.99 Å². The fourth-order valence-electron chi connectivity index (χ4n) is 3.04. The van der Waals surface area contributed by atoms with Crippen molar-refractivity contribution in [3.8, 4) is 5.75 Å². The highest BCUT2D eigenvalue weighted by atomic mass is 127. The molecule has 0 heterocycles. The van der Waals surface area contributed by atoms with Crippen molar-refractivity contribution in [3.05, 3.63) is 65.2 Å². The second-order valence-electron chi connectivity index (χ2n) is 7.44. The van der Waals surface area contributed by atoms with Gasteiger partial charge in [0.2, 0.25) is 5.91 Å². The number of hydrogen-bond acceptors (Lipinski definition) is 4. The number of hydrogen-bond donors (Lipinski definition) is 3. The largest absolute Gasteiger partial charge is 0.493 e. The third-order valence-corrected chi connectivity index (χ3v) is 4.72. The van der Waals surface area contributed by atoms with Gasteiger partial charge in [0.15, 0.2) is 5.96 Å². The quantitative estimate of drug-likeness (QED) is 0.149. The minimum Gasteiger partial charge on any atom is -0.493 e. The molecule has 0 saturated heterocycles. The van der Waals surface area contributed by atoms with Crippen LogP contribution in [0.2, 0.25) is 0 Å². The minimum absolute atomic E-state index is 0. The second-order valence-corrected chi connectivity index (χ2v) is 7.44. The van der Waals surface area contributed by atoms with Gasteiger partial charge in [-0.2, -0.15) is 0 Å². The molecule has 33 heavy (non-hydrogen) atoms. The Hall–Kier alpha value is -2.33. The average molecular weight is 569 g/mol. The number of halogens is 1. The van der Waals surface area contributed by atoms with E-state index in [4.69, 9.17) is 9.47 Å². The second kappa shape index (κ2) is 17.2. The number of ether oxygens (including phenoxy) is 2. The van der Waals surface area contributed by atoms with E-state index in [0.29, 0.717) is 38.8 Å². The number of nitrogens with one attached hydrogen (secondary N) is 3. The molecule has 0 unspecified atom stereocenters. The van der Waals surface area contributed by atoms with Crippen molar-refractivity contribution in [1.82, 2.24) is 16.0 Å². The smallest absolute Gasteiger partial charge is 0.239 e. The van der Waals surface area contributed by atoms with Gasteiger partial charge in [0.1, 0.15) is 5.75 Å². The van der Waals surface area contributed by atoms with Gasteiger partial charge in [0.25, 0.3) is 0 Å². The molecule has 0 aliphatic rings. The third kappa shape index (κ3) is 11.9. The number of carbonyl (C=O) groups is 1. The number of amides is 1. The number of aryl methyl sites for hydroxylation is 1. The number of carbonyl (C=O) groups excluding carboxylic acids is 1. The zero-order valence-electron chi connectivity index (χ0n) is 19.9. The normalized spacial score (nSPS) is 10.8. The van der Waals surface area contributed by atoms with Crippen LogP contribution in [0.1, 0.15) is 30.0 Å². The molecular weight excluding hydrogens is 531 g/mol. The average Bonchev–Trinajstić information content (AvgIpc) is 2.80. The molecular formula is C25H37IN4O3. The van der Waals surface area contributed by atoms with Crippen molar-refractivity contribution < 1.29 is 14.3 Å². The van der Waals surface area contributed by atoms with E-state index in [0.717, 1.165) is 29.7 Å². The van der Waals surface area contributed by atoms with Crippen LogP contribution < -0.4 is 20.7 Å². The van der Waals surface area contributed by atoms with E-state index < -0.39 is 0 Å². The van der Waals surface area contributed by atoms with E-state index in [1.807, 2.05) is 50.2 Å². The Morgan fingerprint density at radius 3 is 2.55 bits per heavy atom. The topological polar surface area (TPSA) is 84.0 Å². The van der Waals surface area contributed by atoms with Gasteiger partial charge in [-0.1, -0.05) is 42.5 Å². The maximum atomic E-state index is 12.2. The van der Waals surface area contributed by atoms with Crippen LogP contribution in [0.15, 0.2) is 53.5 Å². The highest BCUT2D eigenvalue weighted by Crippen LogP contribution is 2.21. The summed E-state index contributed by atoms with van der Waals surface area (Å²) in [6.45, 7) is 7.21. The fraction of sp³-hybridized carbons (Fsp3) is 0.440. The van der Waals surface area contributed by atoms with Crippen LogP contribution in [-0.2, 0) is 22.5 Å². The van der Waals surface area contributed by atoms with Crippen LogP contribution >= 0.6 is 24.0 Å². The van der Waals surface area contributed by atoms with Gasteiger partial charge in [-0.15, -0.1) is 24.0 Å². The molecule has 8 heteroatoms. The van der Waals surface area contributed by atoms with Gasteiger partial charge in [0.05, 0.1) is 19.7 Å². The Labute approximate surface area is 214 Å². The van der Waals surface area contributed by atoms with E-state index in [-0.39, 0.29) is 36.4 Å². The Bertz CT molecular complexity index is 847. The SMILES string of the molecule is CCNC(=NCc1ccc(C)cc1OCCCOC)NCC(=O)NCCc1ccccc1.I. The van der Waals surface area contributed by atoms with Crippen LogP contribution in [0.3, 0.4) is 0 Å². The van der Waals surface area contributed by atoms with Gasteiger partial charge >= 0.3 is 0 Å². The summed E-state index contributed by atoms with van der Waals surface area (Å²) >= 11 is 0. The maximum absolute atomic E-state index is 12.2. The first kappa shape index (κ1) is 28.7. The van der Waals surface area contributed by atoms with Crippen LogP contribution in [0.4, 0.5) is 0 Å². The van der Waals surface area contributed by atoms with Crippen molar-refractivity contribution in [2.75, 3.05) is 40.0 Å². The number of nitrogens with zero attached hydrogens (tertiary/aromatic N) is 1. The highest BCUT2D eigenvalue weighted by Gasteiger charge is 2.07. The summed E-state index contributed by atoms with van der Waals surface area (Å²) in [5, 5.41) is 9.22. The number of aliphatic imine (C=N–C) groups is 1. The lowest BCUT2D eigenvalue weighted by Crippen LogP contribution is -2.43. The van der Waals surface area contributed by atoms with Crippen molar-refractivity contribution in [3.63, 3.8) is 0 Å². The summed E-state index contributed by atoms with van der Waals surface area (Å²) in [5.74, 6) is 1.36. The number of benzene rings is 2. The standard InChI is InChI=1S/C25H36N4O3.HI/c1-4-26-25(29-19-24(30)27-14-13-21-9-6-5-7-10-21)28-18-22-12-11-20(2)17-23(22)32-16-8-15-31-3;/h5-7,9-12,17H,4,8,13-16,18-19H2,1-3H3,(H,27,30)(H2,26,28,29);1H. The zero-order valence-corrected chi connectivity index (χ0v) is 22.2. The summed E-state index contributed by atoms with van der Waals surface area (Å²) in [7, 11) is 1.69. The summed E-state index contributed by atoms with van der Waals surface area (Å²) in [6.07, 6.45) is 1.64. The lowest BCUT2D eigenvalue weighted by Gasteiger charge is -2.14. The van der Waals surface area contributed by atoms with Crippen LogP contribution in [0.5, 0.6) is 5.75 Å². The van der Waals surface area contributed by atoms with E-state index in [1.54, 1.807) is 7.11 Å². The molecule has 0 aliphatic heterocycles. The van der Waals surface area contributed by atoms with Gasteiger partial charge in [-0.25, -0.2) is 4.99 Å². The van der Waals surface area contributed by atoms with Crippen molar-refractivity contribution >= 4 is 35.8 Å². The molecule has 1 amide bonds. The van der Waals surface area contributed by atoms with E-state index >= 15 is 0 Å². The number of rotatable bonds is 13. The van der Waals surface area contributed by atoms with Crippen molar-refractivity contribution in [2.45, 2.75) is 33.2 Å². The summed E-state index contributed by atoms with van der Waals surface area (Å²) < 4.78 is 11.0. The fourth-order valence-corrected chi connectivity index (χ4v) is 3.04. The molecule has 3 N–H and O–H groups in total. The Morgan fingerprint density at radius 2 is 1.82 bits per heavy atom. The molecule has 2 aromatic rings. The van der Waals surface area contributed by atoms with Gasteiger partial charge in [-0.3, -0.25) is 4.79 Å². The molecule has 182 valence electrons. The van der Waals surface area contributed by atoms with Crippen LogP contribution in [0, 0.1) is 6.92 Å². The predicted octanol–water partition coefficient (Wildman–Crippen LogP) is 3.44. The Balaban J connectivity index is 0.00000544. The first-order valence-corrected chi connectivity index (χ1v) is 11.2. The van der Waals surface area contributed by atoms with Crippen LogP contribution in [-0.4, -0.2) is 51.8 Å². The molecule has 0 bridgehead atoms. The van der Waals surface area contributed by atoms with Gasteiger partial charge < -0.3 is 25.4 Å². The summed E-state index contributed by atoms with van der Waals surface area (Å²) in [4.78, 5) is 16.8. The summed E-state index contributed by atoms with van der Waals surface area (Å²) in [5.41, 5.74) is 3.34. The molecule has 2 rings (SSSR count). The van der Waals surface area contributed by atoms with Gasteiger partial charge in [0, 0.05) is 38.8 Å². The first-order chi connectivity index (χ1) is 15.6. The first-order valence-electron chi connectivity index (χ1n) is 11.2. The summed E-state index contributed by atoms with van der Waals surface area (Å²) in [6, 6.07) is 16.2. The van der Waals surface area contributed by atoms with Crippen LogP contribution in [0.25, 0.3) is 0 Å². The minimum atomic E-state index is -0.0657. The predicted molar refractivity (Wildman–Crippen MR) is 145 cm³/mol. The molecule has 0 radical (unpaired) electrons. The molecule has 2 aromatic carbocycles. The molecule has 0 spiro atoms. The maximum Gasteiger partial charge on any atom is 0.239 e. The van der Waals surface area contributed by atoms with E-state index in [1.165, 1.54) is 5.56 Å². The van der Waals surface area contributed by atoms with E-state index in [2.05, 4.69) is 33.1 Å². The molecule has 0 aliphatic carbocycles. The molecule has 0 saturated carbocycles. The Morgan fingerprint density at radius 1 is 1.03 bits per heavy atom.